The number of nitrogens with one attached hydrogen (secondary N) is 2. The molecule has 31 heavy (non-hydrogen) atoms. The van der Waals surface area contributed by atoms with Crippen molar-refractivity contribution in [2.24, 2.45) is 0 Å². The molecule has 3 heterocycles. The smallest absolute Gasteiger partial charge is 0.263 e. The quantitative estimate of drug-likeness (QED) is 0.604. The number of aromatic nitrogens is 4. The molecule has 1 aliphatic heterocycles. The summed E-state index contributed by atoms with van der Waals surface area (Å²) in [5, 5.41) is 10.4. The minimum atomic E-state index is -0.357. The van der Waals surface area contributed by atoms with Crippen LogP contribution in [0.25, 0.3) is 5.69 Å². The maximum Gasteiger partial charge on any atom is 0.263 e. The van der Waals surface area contributed by atoms with Crippen molar-refractivity contribution in [3.63, 3.8) is 0 Å². The summed E-state index contributed by atoms with van der Waals surface area (Å²) in [6.45, 7) is 3.85. The van der Waals surface area contributed by atoms with Gasteiger partial charge < -0.3 is 15.2 Å². The Morgan fingerprint density at radius 1 is 1.19 bits per heavy atom. The summed E-state index contributed by atoms with van der Waals surface area (Å²) in [6.07, 6.45) is 6.65. The van der Waals surface area contributed by atoms with E-state index in [0.29, 0.717) is 5.56 Å². The van der Waals surface area contributed by atoms with Gasteiger partial charge in [-0.05, 0) is 56.1 Å². The highest BCUT2D eigenvalue weighted by molar-refractivity contribution is 5.95. The zero-order valence-electron chi connectivity index (χ0n) is 17.2. The molecule has 1 aliphatic rings. The maximum absolute atomic E-state index is 13.1. The monoisotopic (exact) mass is 464 g/mol. The minimum Gasteiger partial charge on any atom is -0.348 e. The zero-order chi connectivity index (χ0) is 20.2. The Hall–Kier alpha value is -2.68. The number of hydrogen-bond donors (Lipinski definition) is 2. The Bertz CT molecular complexity index is 1060. The third-order valence-electron chi connectivity index (χ3n) is 5.35. The second-order valence-corrected chi connectivity index (χ2v) is 7.22. The topological polar surface area (TPSA) is 93.8 Å². The second-order valence-electron chi connectivity index (χ2n) is 7.22. The molecule has 0 saturated carbocycles. The van der Waals surface area contributed by atoms with Gasteiger partial charge in [0.2, 0.25) is 0 Å². The molecule has 1 aromatic carbocycles. The average molecular weight is 465 g/mol. The molecule has 1 amide bonds. The van der Waals surface area contributed by atoms with Crippen LogP contribution in [0.1, 0.15) is 40.4 Å². The van der Waals surface area contributed by atoms with Gasteiger partial charge in [-0.15, -0.1) is 24.8 Å². The fourth-order valence-electron chi connectivity index (χ4n) is 3.77. The molecule has 0 bridgehead atoms. The van der Waals surface area contributed by atoms with Gasteiger partial charge in [0, 0.05) is 18.8 Å². The Morgan fingerprint density at radius 3 is 2.65 bits per heavy atom. The van der Waals surface area contributed by atoms with E-state index in [2.05, 4.69) is 20.7 Å². The van der Waals surface area contributed by atoms with Crippen LogP contribution in [-0.4, -0.2) is 38.3 Å². The predicted molar refractivity (Wildman–Crippen MR) is 124 cm³/mol. The highest BCUT2D eigenvalue weighted by Crippen LogP contribution is 2.17. The Morgan fingerprint density at radius 2 is 1.94 bits per heavy atom. The van der Waals surface area contributed by atoms with Gasteiger partial charge in [-0.3, -0.25) is 9.59 Å². The van der Waals surface area contributed by atoms with Crippen molar-refractivity contribution in [3.8, 4) is 5.69 Å². The SMILES string of the molecule is Cc1ccn(C2CCNCC2)c(=O)c1C(=O)NCc1ccccc1-n1cncn1.Cl.Cl. The molecule has 10 heteroatoms. The lowest BCUT2D eigenvalue weighted by Gasteiger charge is -2.25. The molecule has 1 fully saturated rings. The number of aryl methyl sites for hydroxylation is 1. The van der Waals surface area contributed by atoms with Gasteiger partial charge in [-0.1, -0.05) is 18.2 Å². The molecule has 2 aromatic heterocycles. The van der Waals surface area contributed by atoms with Gasteiger partial charge in [0.25, 0.3) is 11.5 Å². The molecule has 0 unspecified atom stereocenters. The third kappa shape index (κ3) is 5.33. The number of nitrogens with zero attached hydrogens (tertiary/aromatic N) is 4. The summed E-state index contributed by atoms with van der Waals surface area (Å²) in [6, 6.07) is 9.61. The number of halogens is 2. The average Bonchev–Trinajstić information content (AvgIpc) is 3.28. The summed E-state index contributed by atoms with van der Waals surface area (Å²) in [7, 11) is 0. The summed E-state index contributed by atoms with van der Waals surface area (Å²) in [4.78, 5) is 30.0. The Balaban J connectivity index is 0.00000171. The Kier molecular flexibility index (Phi) is 8.79. The number of benzene rings is 1. The zero-order valence-corrected chi connectivity index (χ0v) is 18.8. The lowest BCUT2D eigenvalue weighted by Crippen LogP contribution is -2.38. The van der Waals surface area contributed by atoms with Gasteiger partial charge in [0.05, 0.1) is 5.69 Å². The number of amides is 1. The van der Waals surface area contributed by atoms with Crippen molar-refractivity contribution in [2.75, 3.05) is 13.1 Å². The molecular weight excluding hydrogens is 439 g/mol. The minimum absolute atomic E-state index is 0. The van der Waals surface area contributed by atoms with E-state index >= 15 is 0 Å². The van der Waals surface area contributed by atoms with E-state index in [1.807, 2.05) is 36.5 Å². The standard InChI is InChI=1S/C21H24N6O2.2ClH/c1-15-8-11-26(17-6-9-22-10-7-17)21(29)19(15)20(28)24-12-16-4-2-3-5-18(16)27-14-23-13-25-27;;/h2-5,8,11,13-14,17,22H,6-7,9-10,12H2,1H3,(H,24,28);2*1H. The fourth-order valence-corrected chi connectivity index (χ4v) is 3.77. The van der Waals surface area contributed by atoms with Crippen molar-refractivity contribution in [1.29, 1.82) is 0 Å². The number of piperidine rings is 1. The van der Waals surface area contributed by atoms with Crippen LogP contribution in [0, 0.1) is 6.92 Å². The van der Waals surface area contributed by atoms with E-state index in [1.54, 1.807) is 22.5 Å². The molecule has 0 radical (unpaired) electrons. The maximum atomic E-state index is 13.1. The van der Waals surface area contributed by atoms with Crippen LogP contribution in [0.15, 0.2) is 54.0 Å². The summed E-state index contributed by atoms with van der Waals surface area (Å²) in [5.41, 5.74) is 2.39. The van der Waals surface area contributed by atoms with Gasteiger partial charge in [0.15, 0.2) is 0 Å². The lowest BCUT2D eigenvalue weighted by atomic mass is 10.0. The van der Waals surface area contributed by atoms with E-state index in [1.165, 1.54) is 6.33 Å². The van der Waals surface area contributed by atoms with Gasteiger partial charge in [0.1, 0.15) is 18.2 Å². The first kappa shape index (κ1) is 24.6. The van der Waals surface area contributed by atoms with E-state index in [0.717, 1.165) is 37.2 Å². The highest BCUT2D eigenvalue weighted by atomic mass is 35.5. The van der Waals surface area contributed by atoms with E-state index < -0.39 is 0 Å². The summed E-state index contributed by atoms with van der Waals surface area (Å²) >= 11 is 0. The number of carbonyl (C=O) groups is 1. The first-order valence-electron chi connectivity index (χ1n) is 9.78. The van der Waals surface area contributed by atoms with Crippen molar-refractivity contribution >= 4 is 30.7 Å². The number of pyridine rings is 1. The van der Waals surface area contributed by atoms with Crippen molar-refractivity contribution in [3.05, 3.63) is 76.2 Å². The molecule has 2 N–H and O–H groups in total. The number of hydrogen-bond acceptors (Lipinski definition) is 5. The number of rotatable bonds is 5. The van der Waals surface area contributed by atoms with Crippen LogP contribution in [-0.2, 0) is 6.54 Å². The van der Waals surface area contributed by atoms with Crippen LogP contribution >= 0.6 is 24.8 Å². The normalized spacial score (nSPS) is 13.7. The van der Waals surface area contributed by atoms with Crippen LogP contribution in [0.2, 0.25) is 0 Å². The molecule has 4 rings (SSSR count). The van der Waals surface area contributed by atoms with Crippen LogP contribution < -0.4 is 16.2 Å². The molecule has 0 aliphatic carbocycles. The molecule has 3 aromatic rings. The molecule has 0 atom stereocenters. The molecule has 166 valence electrons. The number of para-hydroxylation sites is 1. The van der Waals surface area contributed by atoms with Crippen molar-refractivity contribution in [1.82, 2.24) is 30.0 Å². The summed E-state index contributed by atoms with van der Waals surface area (Å²) in [5.74, 6) is -0.357. The molecule has 0 spiro atoms. The number of carbonyl (C=O) groups excluding carboxylic acids is 1. The van der Waals surface area contributed by atoms with Crippen molar-refractivity contribution < 1.29 is 4.79 Å². The fraction of sp³-hybridized carbons (Fsp3) is 0.333. The van der Waals surface area contributed by atoms with Gasteiger partial charge >= 0.3 is 0 Å². The van der Waals surface area contributed by atoms with Crippen LogP contribution in [0.3, 0.4) is 0 Å². The lowest BCUT2D eigenvalue weighted by molar-refractivity contribution is 0.0947. The molecule has 1 saturated heterocycles. The molecule has 8 nitrogen and oxygen atoms in total. The summed E-state index contributed by atoms with van der Waals surface area (Å²) < 4.78 is 3.37. The first-order valence-corrected chi connectivity index (χ1v) is 9.78. The van der Waals surface area contributed by atoms with Crippen LogP contribution in [0.4, 0.5) is 0 Å². The third-order valence-corrected chi connectivity index (χ3v) is 5.35. The van der Waals surface area contributed by atoms with Crippen LogP contribution in [0.5, 0.6) is 0 Å². The predicted octanol–water partition coefficient (Wildman–Crippen LogP) is 2.44. The van der Waals surface area contributed by atoms with Gasteiger partial charge in [-0.25, -0.2) is 9.67 Å². The largest absolute Gasteiger partial charge is 0.348 e. The van der Waals surface area contributed by atoms with E-state index in [-0.39, 0.29) is 54.4 Å². The van der Waals surface area contributed by atoms with Gasteiger partial charge in [-0.2, -0.15) is 5.10 Å². The Labute approximate surface area is 192 Å². The molecular formula is C21H26Cl2N6O2. The van der Waals surface area contributed by atoms with E-state index in [4.69, 9.17) is 0 Å². The van der Waals surface area contributed by atoms with Crippen molar-refractivity contribution in [2.45, 2.75) is 32.4 Å². The second kappa shape index (κ2) is 11.1. The first-order chi connectivity index (χ1) is 14.1. The highest BCUT2D eigenvalue weighted by Gasteiger charge is 2.21. The van der Waals surface area contributed by atoms with E-state index in [9.17, 15) is 9.59 Å².